The second-order valence-corrected chi connectivity index (χ2v) is 8.80. The van der Waals surface area contributed by atoms with E-state index in [0.717, 1.165) is 16.5 Å². The fourth-order valence-electron chi connectivity index (χ4n) is 4.16. The van der Waals surface area contributed by atoms with E-state index < -0.39 is 12.3 Å². The average Bonchev–Trinajstić information content (AvgIpc) is 3.35. The molecule has 1 N–H and O–H groups in total. The Balaban J connectivity index is 1.67. The molecular formula is C28H30F2N4O2. The van der Waals surface area contributed by atoms with E-state index in [2.05, 4.69) is 41.4 Å². The molecule has 2 atom stereocenters. The monoisotopic (exact) mass is 492 g/mol. The highest BCUT2D eigenvalue weighted by Crippen LogP contribution is 2.28. The van der Waals surface area contributed by atoms with Crippen molar-refractivity contribution in [3.8, 4) is 17.0 Å². The first-order valence-corrected chi connectivity index (χ1v) is 12.1. The number of carbonyl (C=O) groups is 1. The molecule has 0 fully saturated rings. The lowest BCUT2D eigenvalue weighted by Crippen LogP contribution is -2.28. The van der Waals surface area contributed by atoms with Crippen LogP contribution in [0.3, 0.4) is 0 Å². The number of fused-ring (bicyclic) bond motifs is 1. The Bertz CT molecular complexity index is 1330. The fourth-order valence-corrected chi connectivity index (χ4v) is 4.16. The molecule has 2 aromatic heterocycles. The number of carbonyl (C=O) groups excluding carboxylic acids is 1. The van der Waals surface area contributed by atoms with Crippen LogP contribution in [-0.2, 0) is 0 Å². The highest BCUT2D eigenvalue weighted by atomic mass is 19.3. The summed E-state index contributed by atoms with van der Waals surface area (Å²) in [5.41, 5.74) is 3.07. The molecule has 0 bridgehead atoms. The van der Waals surface area contributed by atoms with Gasteiger partial charge in [-0.3, -0.25) is 4.79 Å². The molecule has 0 radical (unpaired) electrons. The summed E-state index contributed by atoms with van der Waals surface area (Å²) in [6, 6.07) is 16.2. The Morgan fingerprint density at radius 1 is 1.03 bits per heavy atom. The van der Waals surface area contributed by atoms with E-state index in [0.29, 0.717) is 29.3 Å². The van der Waals surface area contributed by atoms with Crippen molar-refractivity contribution >= 4 is 11.6 Å². The topological polar surface area (TPSA) is 68.5 Å². The summed E-state index contributed by atoms with van der Waals surface area (Å²) in [6.07, 6.45) is 0.213. The van der Waals surface area contributed by atoms with Gasteiger partial charge in [0.05, 0.1) is 25.0 Å². The Hall–Kier alpha value is -3.81. The van der Waals surface area contributed by atoms with Gasteiger partial charge in [-0.05, 0) is 60.2 Å². The molecule has 0 aliphatic rings. The van der Waals surface area contributed by atoms with Gasteiger partial charge >= 0.3 is 0 Å². The molecule has 6 nitrogen and oxygen atoms in total. The van der Waals surface area contributed by atoms with Gasteiger partial charge in [-0.15, -0.1) is 0 Å². The molecule has 1 amide bonds. The van der Waals surface area contributed by atoms with Gasteiger partial charge in [-0.1, -0.05) is 45.0 Å². The normalized spacial score (nSPS) is 13.1. The number of hydrogen-bond acceptors (Lipinski definition) is 4. The second kappa shape index (κ2) is 10.8. The van der Waals surface area contributed by atoms with Crippen molar-refractivity contribution in [3.05, 3.63) is 83.2 Å². The predicted octanol–water partition coefficient (Wildman–Crippen LogP) is 6.74. The molecular weight excluding hydrogens is 462 g/mol. The fraction of sp³-hybridized carbons (Fsp3) is 0.321. The van der Waals surface area contributed by atoms with Crippen LogP contribution in [0.1, 0.15) is 79.2 Å². The van der Waals surface area contributed by atoms with Crippen LogP contribution < -0.4 is 10.1 Å². The van der Waals surface area contributed by atoms with E-state index in [4.69, 9.17) is 4.74 Å². The molecule has 36 heavy (non-hydrogen) atoms. The Labute approximate surface area is 209 Å². The first-order valence-electron chi connectivity index (χ1n) is 12.1. The number of rotatable bonds is 9. The van der Waals surface area contributed by atoms with E-state index in [1.807, 2.05) is 19.1 Å². The molecule has 2 heterocycles. The zero-order valence-electron chi connectivity index (χ0n) is 20.8. The van der Waals surface area contributed by atoms with Crippen molar-refractivity contribution in [1.29, 1.82) is 0 Å². The van der Waals surface area contributed by atoms with Crippen molar-refractivity contribution in [2.75, 3.05) is 7.11 Å². The lowest BCUT2D eigenvalue weighted by Gasteiger charge is -2.18. The summed E-state index contributed by atoms with van der Waals surface area (Å²) in [5.74, 6) is 0.686. The first-order chi connectivity index (χ1) is 17.4. The Morgan fingerprint density at radius 3 is 2.28 bits per heavy atom. The number of benzene rings is 2. The summed E-state index contributed by atoms with van der Waals surface area (Å²) < 4.78 is 34.0. The Morgan fingerprint density at radius 2 is 1.69 bits per heavy atom. The highest BCUT2D eigenvalue weighted by Gasteiger charge is 2.23. The Kier molecular flexibility index (Phi) is 7.62. The third-order valence-corrected chi connectivity index (χ3v) is 6.59. The van der Waals surface area contributed by atoms with Crippen molar-refractivity contribution in [2.45, 2.75) is 52.0 Å². The molecule has 4 aromatic rings. The van der Waals surface area contributed by atoms with Gasteiger partial charge in [-0.25, -0.2) is 18.3 Å². The van der Waals surface area contributed by atoms with Crippen molar-refractivity contribution < 1.29 is 18.3 Å². The SMILES string of the molecule is CC[C@H](NC(=O)c1cnn2c(C(F)F)cc(-c3ccc(OC)cc3)nc12)c1ccc([C@@H](C)CC)cc1. The smallest absolute Gasteiger partial charge is 0.280 e. The summed E-state index contributed by atoms with van der Waals surface area (Å²) >= 11 is 0. The maximum Gasteiger partial charge on any atom is 0.280 e. The van der Waals surface area contributed by atoms with Crippen LogP contribution in [0.15, 0.2) is 60.8 Å². The van der Waals surface area contributed by atoms with Gasteiger partial charge in [0.2, 0.25) is 0 Å². The molecule has 0 spiro atoms. The van der Waals surface area contributed by atoms with Gasteiger partial charge in [0.1, 0.15) is 17.0 Å². The van der Waals surface area contributed by atoms with Gasteiger partial charge in [-0.2, -0.15) is 5.10 Å². The molecule has 0 saturated heterocycles. The minimum Gasteiger partial charge on any atom is -0.497 e. The zero-order valence-corrected chi connectivity index (χ0v) is 20.8. The van der Waals surface area contributed by atoms with Crippen LogP contribution in [0.4, 0.5) is 8.78 Å². The number of ether oxygens (including phenoxy) is 1. The molecule has 0 aliphatic heterocycles. The number of methoxy groups -OCH3 is 1. The summed E-state index contributed by atoms with van der Waals surface area (Å²) in [4.78, 5) is 17.8. The second-order valence-electron chi connectivity index (χ2n) is 8.80. The van der Waals surface area contributed by atoms with Crippen molar-refractivity contribution in [3.63, 3.8) is 0 Å². The van der Waals surface area contributed by atoms with Crippen LogP contribution in [0, 0.1) is 0 Å². The molecule has 4 rings (SSSR count). The van der Waals surface area contributed by atoms with Crippen molar-refractivity contribution in [2.24, 2.45) is 0 Å². The number of alkyl halides is 2. The van der Waals surface area contributed by atoms with E-state index in [-0.39, 0.29) is 22.9 Å². The third kappa shape index (κ3) is 5.08. The number of amides is 1. The van der Waals surface area contributed by atoms with Crippen LogP contribution >= 0.6 is 0 Å². The lowest BCUT2D eigenvalue weighted by molar-refractivity contribution is 0.0936. The average molecular weight is 493 g/mol. The molecule has 188 valence electrons. The zero-order chi connectivity index (χ0) is 25.8. The number of hydrogen-bond donors (Lipinski definition) is 1. The van der Waals surface area contributed by atoms with Crippen LogP contribution in [0.2, 0.25) is 0 Å². The molecule has 2 aromatic carbocycles. The van der Waals surface area contributed by atoms with Crippen LogP contribution in [0.5, 0.6) is 5.75 Å². The van der Waals surface area contributed by atoms with Gasteiger partial charge < -0.3 is 10.1 Å². The van der Waals surface area contributed by atoms with Gasteiger partial charge in [0.25, 0.3) is 12.3 Å². The highest BCUT2D eigenvalue weighted by molar-refractivity contribution is 6.00. The maximum atomic E-state index is 13.9. The number of nitrogens with zero attached hydrogens (tertiary/aromatic N) is 3. The van der Waals surface area contributed by atoms with E-state index in [9.17, 15) is 13.6 Å². The lowest BCUT2D eigenvalue weighted by atomic mass is 9.95. The summed E-state index contributed by atoms with van der Waals surface area (Å²) in [5, 5.41) is 7.09. The van der Waals surface area contributed by atoms with Gasteiger partial charge in [0, 0.05) is 5.56 Å². The van der Waals surface area contributed by atoms with E-state index in [1.54, 1.807) is 31.4 Å². The van der Waals surface area contributed by atoms with Crippen molar-refractivity contribution in [1.82, 2.24) is 19.9 Å². The first kappa shape index (κ1) is 25.3. The summed E-state index contributed by atoms with van der Waals surface area (Å²) in [6.45, 7) is 6.32. The number of aromatic nitrogens is 3. The van der Waals surface area contributed by atoms with Gasteiger partial charge in [0.15, 0.2) is 5.65 Å². The third-order valence-electron chi connectivity index (χ3n) is 6.59. The van der Waals surface area contributed by atoms with E-state index in [1.165, 1.54) is 17.8 Å². The largest absolute Gasteiger partial charge is 0.497 e. The number of nitrogens with one attached hydrogen (secondary N) is 1. The molecule has 0 saturated carbocycles. The predicted molar refractivity (Wildman–Crippen MR) is 136 cm³/mol. The van der Waals surface area contributed by atoms with Crippen LogP contribution in [0.25, 0.3) is 16.9 Å². The van der Waals surface area contributed by atoms with Crippen LogP contribution in [-0.4, -0.2) is 27.6 Å². The van der Waals surface area contributed by atoms with E-state index >= 15 is 0 Å². The number of halogens is 2. The maximum absolute atomic E-state index is 13.9. The minimum atomic E-state index is -2.80. The standard InChI is InChI=1S/C28H30F2N4O2/c1-5-17(3)18-7-9-19(10-8-18)23(6-2)33-28(35)22-16-31-34-25(26(29)30)15-24(32-27(22)34)20-11-13-21(36-4)14-12-20/h7-17,23,26H,5-6H2,1-4H3,(H,33,35)/t17-,23-/m0/s1. The molecule has 0 unspecified atom stereocenters. The summed E-state index contributed by atoms with van der Waals surface area (Å²) in [7, 11) is 1.55. The quantitative estimate of drug-likeness (QED) is 0.281. The molecule has 0 aliphatic carbocycles. The molecule has 8 heteroatoms. The minimum absolute atomic E-state index is 0.0816.